The van der Waals surface area contributed by atoms with Crippen molar-refractivity contribution >= 4 is 27.5 Å². The highest BCUT2D eigenvalue weighted by atomic mass is 32.1. The molecule has 0 spiro atoms. The fraction of sp³-hybridized carbons (Fsp3) is 0.333. The van der Waals surface area contributed by atoms with Crippen LogP contribution in [0, 0.1) is 5.92 Å². The summed E-state index contributed by atoms with van der Waals surface area (Å²) in [6.07, 6.45) is 6.76. The number of hydrogen-bond acceptors (Lipinski definition) is 4. The number of para-hydroxylation sites is 1. The van der Waals surface area contributed by atoms with Gasteiger partial charge in [-0.2, -0.15) is 0 Å². The van der Waals surface area contributed by atoms with Crippen LogP contribution >= 0.6 is 11.3 Å². The Morgan fingerprint density at radius 2 is 1.86 bits per heavy atom. The minimum atomic E-state index is -0.0502. The first-order valence-electron chi connectivity index (χ1n) is 10.2. The highest BCUT2D eigenvalue weighted by Gasteiger charge is 2.32. The molecule has 4 rings (SSSR count). The maximum absolute atomic E-state index is 12.8. The van der Waals surface area contributed by atoms with Gasteiger partial charge in [0.2, 0.25) is 5.91 Å². The number of benzene rings is 2. The van der Waals surface area contributed by atoms with Crippen LogP contribution in [-0.2, 0) is 16.1 Å². The predicted molar refractivity (Wildman–Crippen MR) is 118 cm³/mol. The largest absolute Gasteiger partial charge is 0.377 e. The van der Waals surface area contributed by atoms with Crippen molar-refractivity contribution in [2.24, 2.45) is 5.92 Å². The zero-order valence-corrected chi connectivity index (χ0v) is 17.2. The summed E-state index contributed by atoms with van der Waals surface area (Å²) in [5.41, 5.74) is 2.20. The van der Waals surface area contributed by atoms with Gasteiger partial charge in [0.1, 0.15) is 0 Å². The SMILES string of the molecule is O=C(NCCCOCc1ccccc1)[C@@H]1CC=CC[C@H]1c1nc2ccccc2s1. The molecule has 2 atom stereocenters. The molecular formula is C24H26N2O2S. The van der Waals surface area contributed by atoms with Crippen molar-refractivity contribution in [3.8, 4) is 0 Å². The van der Waals surface area contributed by atoms with E-state index in [1.165, 1.54) is 10.3 Å². The van der Waals surface area contributed by atoms with Crippen molar-refractivity contribution < 1.29 is 9.53 Å². The van der Waals surface area contributed by atoms with E-state index in [2.05, 4.69) is 35.7 Å². The normalized spacial score (nSPS) is 18.8. The lowest BCUT2D eigenvalue weighted by molar-refractivity contribution is -0.125. The standard InChI is InChI=1S/C24H26N2O2S/c27-23(25-15-8-16-28-17-18-9-2-1-3-10-18)19-11-4-5-12-20(19)24-26-21-13-6-7-14-22(21)29-24/h1-7,9-10,13-14,19-20H,8,11-12,15-17H2,(H,25,27)/t19-,20-/m1/s1. The van der Waals surface area contributed by atoms with Crippen LogP contribution in [0.2, 0.25) is 0 Å². The maximum atomic E-state index is 12.8. The molecule has 1 aliphatic carbocycles. The van der Waals surface area contributed by atoms with E-state index < -0.39 is 0 Å². The van der Waals surface area contributed by atoms with Crippen LogP contribution in [0.1, 0.15) is 35.8 Å². The van der Waals surface area contributed by atoms with Crippen molar-refractivity contribution in [3.63, 3.8) is 0 Å². The highest BCUT2D eigenvalue weighted by Crippen LogP contribution is 2.38. The number of carbonyl (C=O) groups excluding carboxylic acids is 1. The lowest BCUT2D eigenvalue weighted by Crippen LogP contribution is -2.35. The minimum absolute atomic E-state index is 0.0502. The molecule has 1 aromatic heterocycles. The quantitative estimate of drug-likeness (QED) is 0.420. The van der Waals surface area contributed by atoms with Crippen molar-refractivity contribution in [1.82, 2.24) is 10.3 Å². The number of fused-ring (bicyclic) bond motifs is 1. The Morgan fingerprint density at radius 1 is 1.07 bits per heavy atom. The molecule has 0 saturated carbocycles. The van der Waals surface area contributed by atoms with E-state index in [9.17, 15) is 4.79 Å². The molecule has 1 amide bonds. The van der Waals surface area contributed by atoms with E-state index in [1.54, 1.807) is 11.3 Å². The van der Waals surface area contributed by atoms with Gasteiger partial charge in [0.25, 0.3) is 0 Å². The van der Waals surface area contributed by atoms with Crippen molar-refractivity contribution in [2.75, 3.05) is 13.2 Å². The smallest absolute Gasteiger partial charge is 0.224 e. The zero-order chi connectivity index (χ0) is 19.9. The first kappa shape index (κ1) is 19.8. The van der Waals surface area contributed by atoms with Gasteiger partial charge < -0.3 is 10.1 Å². The average molecular weight is 407 g/mol. The Balaban J connectivity index is 1.27. The molecule has 1 N–H and O–H groups in total. The van der Waals surface area contributed by atoms with Crippen LogP contribution in [-0.4, -0.2) is 24.0 Å². The molecule has 0 saturated heterocycles. The van der Waals surface area contributed by atoms with Crippen molar-refractivity contribution in [3.05, 3.63) is 77.3 Å². The number of amides is 1. The van der Waals surface area contributed by atoms with Crippen LogP contribution in [0.5, 0.6) is 0 Å². The molecule has 0 unspecified atom stereocenters. The van der Waals surface area contributed by atoms with E-state index in [0.717, 1.165) is 29.8 Å². The summed E-state index contributed by atoms with van der Waals surface area (Å²) in [5.74, 6) is 0.235. The number of ether oxygens (including phenoxy) is 1. The molecule has 0 aliphatic heterocycles. The van der Waals surface area contributed by atoms with Crippen LogP contribution < -0.4 is 5.32 Å². The average Bonchev–Trinajstić information content (AvgIpc) is 3.21. The number of aromatic nitrogens is 1. The molecule has 3 aromatic rings. The lowest BCUT2D eigenvalue weighted by Gasteiger charge is -2.26. The van der Waals surface area contributed by atoms with Gasteiger partial charge in [-0.3, -0.25) is 4.79 Å². The molecule has 0 fully saturated rings. The first-order valence-corrected chi connectivity index (χ1v) is 11.0. The van der Waals surface area contributed by atoms with Gasteiger partial charge in [-0.25, -0.2) is 4.98 Å². The van der Waals surface area contributed by atoms with Gasteiger partial charge in [-0.05, 0) is 37.0 Å². The third-order valence-corrected chi connectivity index (χ3v) is 6.44. The van der Waals surface area contributed by atoms with E-state index in [0.29, 0.717) is 19.8 Å². The summed E-state index contributed by atoms with van der Waals surface area (Å²) in [6.45, 7) is 1.89. The summed E-state index contributed by atoms with van der Waals surface area (Å²) >= 11 is 1.71. The van der Waals surface area contributed by atoms with E-state index in [4.69, 9.17) is 9.72 Å². The number of allylic oxidation sites excluding steroid dienone is 2. The second-order valence-corrected chi connectivity index (χ2v) is 8.42. The monoisotopic (exact) mass is 406 g/mol. The van der Waals surface area contributed by atoms with E-state index >= 15 is 0 Å². The van der Waals surface area contributed by atoms with Gasteiger partial charge >= 0.3 is 0 Å². The Hall–Kier alpha value is -2.50. The van der Waals surface area contributed by atoms with E-state index in [-0.39, 0.29) is 17.7 Å². The number of nitrogens with one attached hydrogen (secondary N) is 1. The molecule has 4 nitrogen and oxygen atoms in total. The summed E-state index contributed by atoms with van der Waals surface area (Å²) in [5, 5.41) is 4.18. The Morgan fingerprint density at radius 3 is 2.72 bits per heavy atom. The minimum Gasteiger partial charge on any atom is -0.377 e. The molecule has 5 heteroatoms. The molecular weight excluding hydrogens is 380 g/mol. The summed E-state index contributed by atoms with van der Waals surface area (Å²) in [6, 6.07) is 18.3. The molecule has 150 valence electrons. The number of nitrogens with zero attached hydrogens (tertiary/aromatic N) is 1. The summed E-state index contributed by atoms with van der Waals surface area (Å²) in [4.78, 5) is 17.6. The molecule has 0 radical (unpaired) electrons. The fourth-order valence-electron chi connectivity index (χ4n) is 3.71. The molecule has 0 bridgehead atoms. The molecule has 2 aromatic carbocycles. The second-order valence-electron chi connectivity index (χ2n) is 7.36. The predicted octanol–water partition coefficient (Wildman–Crippen LogP) is 5.07. The number of rotatable bonds is 8. The number of thiazole rings is 1. The van der Waals surface area contributed by atoms with Gasteiger partial charge in [0.15, 0.2) is 0 Å². The van der Waals surface area contributed by atoms with Crippen molar-refractivity contribution in [2.45, 2.75) is 31.8 Å². The number of hydrogen-bond donors (Lipinski definition) is 1. The van der Waals surface area contributed by atoms with Crippen molar-refractivity contribution in [1.29, 1.82) is 0 Å². The number of carbonyl (C=O) groups is 1. The van der Waals surface area contributed by atoms with Gasteiger partial charge in [-0.15, -0.1) is 11.3 Å². The van der Waals surface area contributed by atoms with Gasteiger partial charge in [0, 0.05) is 19.1 Å². The van der Waals surface area contributed by atoms with Crippen LogP contribution in [0.25, 0.3) is 10.2 Å². The lowest BCUT2D eigenvalue weighted by atomic mass is 9.82. The zero-order valence-electron chi connectivity index (χ0n) is 16.4. The fourth-order valence-corrected chi connectivity index (χ4v) is 4.85. The molecule has 1 heterocycles. The Labute approximate surface area is 175 Å². The van der Waals surface area contributed by atoms with Crippen LogP contribution in [0.15, 0.2) is 66.7 Å². The highest BCUT2D eigenvalue weighted by molar-refractivity contribution is 7.18. The Kier molecular flexibility index (Phi) is 6.70. The Bertz CT molecular complexity index is 934. The first-order chi connectivity index (χ1) is 14.3. The van der Waals surface area contributed by atoms with Gasteiger partial charge in [0.05, 0.1) is 27.7 Å². The topological polar surface area (TPSA) is 51.2 Å². The third-order valence-electron chi connectivity index (χ3n) is 5.27. The summed E-state index contributed by atoms with van der Waals surface area (Å²) in [7, 11) is 0. The third kappa shape index (κ3) is 5.11. The molecule has 29 heavy (non-hydrogen) atoms. The molecule has 1 aliphatic rings. The second kappa shape index (κ2) is 9.81. The van der Waals surface area contributed by atoms with Gasteiger partial charge in [-0.1, -0.05) is 54.6 Å². The van der Waals surface area contributed by atoms with Crippen LogP contribution in [0.4, 0.5) is 0 Å². The maximum Gasteiger partial charge on any atom is 0.224 e. The summed E-state index contributed by atoms with van der Waals surface area (Å²) < 4.78 is 6.89. The van der Waals surface area contributed by atoms with Crippen LogP contribution in [0.3, 0.4) is 0 Å². The van der Waals surface area contributed by atoms with E-state index in [1.807, 2.05) is 36.4 Å².